The lowest BCUT2D eigenvalue weighted by molar-refractivity contribution is 0.357. The van der Waals surface area contributed by atoms with Gasteiger partial charge < -0.3 is 11.1 Å². The molecule has 1 heterocycles. The Morgan fingerprint density at radius 3 is 2.44 bits per heavy atom. The van der Waals surface area contributed by atoms with Gasteiger partial charge in [-0.3, -0.25) is 0 Å². The summed E-state index contributed by atoms with van der Waals surface area (Å²) in [6, 6.07) is 0.344. The summed E-state index contributed by atoms with van der Waals surface area (Å²) < 4.78 is 1.92. The third kappa shape index (κ3) is 2.49. The lowest BCUT2D eigenvalue weighted by Crippen LogP contribution is -2.32. The summed E-state index contributed by atoms with van der Waals surface area (Å²) in [6.45, 7) is 13.6. The van der Waals surface area contributed by atoms with E-state index in [1.807, 2.05) is 11.6 Å². The molecule has 0 bridgehead atoms. The third-order valence-electron chi connectivity index (χ3n) is 3.13. The van der Waals surface area contributed by atoms with Crippen LogP contribution in [0.4, 0.5) is 11.5 Å². The zero-order valence-corrected chi connectivity index (χ0v) is 11.3. The van der Waals surface area contributed by atoms with Crippen molar-refractivity contribution in [2.75, 3.05) is 11.1 Å². The summed E-state index contributed by atoms with van der Waals surface area (Å²) >= 11 is 0. The first kappa shape index (κ1) is 12.9. The average molecular weight is 224 g/mol. The van der Waals surface area contributed by atoms with Crippen LogP contribution in [0.3, 0.4) is 0 Å². The van der Waals surface area contributed by atoms with Crippen molar-refractivity contribution in [3.8, 4) is 0 Å². The predicted molar refractivity (Wildman–Crippen MR) is 69.6 cm³/mol. The molecular formula is C12H24N4. The molecule has 4 nitrogen and oxygen atoms in total. The number of nitrogens with zero attached hydrogens (tertiary/aromatic N) is 2. The smallest absolute Gasteiger partial charge is 0.148 e. The highest BCUT2D eigenvalue weighted by molar-refractivity contribution is 5.65. The quantitative estimate of drug-likeness (QED) is 0.830. The van der Waals surface area contributed by atoms with Gasteiger partial charge >= 0.3 is 0 Å². The first-order valence-corrected chi connectivity index (χ1v) is 5.86. The van der Waals surface area contributed by atoms with E-state index < -0.39 is 0 Å². The Hall–Kier alpha value is -1.19. The Balaban J connectivity index is 2.96. The minimum absolute atomic E-state index is 0.198. The highest BCUT2D eigenvalue weighted by Crippen LogP contribution is 2.27. The number of hydrogen-bond acceptors (Lipinski definition) is 3. The minimum Gasteiger partial charge on any atom is -0.394 e. The van der Waals surface area contributed by atoms with Crippen LogP contribution < -0.4 is 11.1 Å². The van der Waals surface area contributed by atoms with E-state index >= 15 is 0 Å². The molecule has 1 unspecified atom stereocenters. The number of nitrogens with one attached hydrogen (secondary N) is 1. The molecular weight excluding hydrogens is 200 g/mol. The standard InChI is InChI=1S/C12H24N4/c1-7-16-11(10(13)8(2)15-16)14-9(3)12(4,5)6/h9,14H,7,13H2,1-6H3. The van der Waals surface area contributed by atoms with Crippen LogP contribution in [0.25, 0.3) is 0 Å². The third-order valence-corrected chi connectivity index (χ3v) is 3.13. The number of rotatable bonds is 3. The highest BCUT2D eigenvalue weighted by Gasteiger charge is 2.22. The second-order valence-corrected chi connectivity index (χ2v) is 5.40. The van der Waals surface area contributed by atoms with Gasteiger partial charge in [-0.15, -0.1) is 0 Å². The number of anilines is 2. The molecule has 0 spiro atoms. The average Bonchev–Trinajstić information content (AvgIpc) is 2.44. The van der Waals surface area contributed by atoms with Gasteiger partial charge in [-0.1, -0.05) is 20.8 Å². The molecule has 0 aliphatic rings. The second kappa shape index (κ2) is 4.36. The van der Waals surface area contributed by atoms with Crippen molar-refractivity contribution in [1.82, 2.24) is 9.78 Å². The fourth-order valence-electron chi connectivity index (χ4n) is 1.40. The van der Waals surface area contributed by atoms with E-state index in [4.69, 9.17) is 5.73 Å². The van der Waals surface area contributed by atoms with Gasteiger partial charge in [0.25, 0.3) is 0 Å². The summed E-state index contributed by atoms with van der Waals surface area (Å²) in [6.07, 6.45) is 0. The zero-order chi connectivity index (χ0) is 12.5. The van der Waals surface area contributed by atoms with Crippen molar-refractivity contribution in [2.45, 2.75) is 54.1 Å². The van der Waals surface area contributed by atoms with E-state index in [0.29, 0.717) is 6.04 Å². The van der Waals surface area contributed by atoms with Crippen LogP contribution in [0.2, 0.25) is 0 Å². The number of aryl methyl sites for hydroxylation is 2. The molecule has 0 saturated heterocycles. The van der Waals surface area contributed by atoms with Crippen LogP contribution in [-0.2, 0) is 6.54 Å². The van der Waals surface area contributed by atoms with E-state index in [9.17, 15) is 0 Å². The van der Waals surface area contributed by atoms with Gasteiger partial charge in [0, 0.05) is 12.6 Å². The van der Waals surface area contributed by atoms with E-state index in [2.05, 4.69) is 45.0 Å². The molecule has 0 fully saturated rings. The fourth-order valence-corrected chi connectivity index (χ4v) is 1.40. The summed E-state index contributed by atoms with van der Waals surface area (Å²) in [5.41, 5.74) is 7.88. The van der Waals surface area contributed by atoms with Crippen LogP contribution in [0, 0.1) is 12.3 Å². The Morgan fingerprint density at radius 1 is 1.44 bits per heavy atom. The number of nitrogens with two attached hydrogens (primary N) is 1. The van der Waals surface area contributed by atoms with Gasteiger partial charge in [0.05, 0.1) is 11.4 Å². The fraction of sp³-hybridized carbons (Fsp3) is 0.750. The van der Waals surface area contributed by atoms with Crippen LogP contribution in [-0.4, -0.2) is 15.8 Å². The molecule has 0 radical (unpaired) electrons. The van der Waals surface area contributed by atoms with E-state index in [-0.39, 0.29) is 5.41 Å². The molecule has 16 heavy (non-hydrogen) atoms. The largest absolute Gasteiger partial charge is 0.394 e. The molecule has 92 valence electrons. The summed E-state index contributed by atoms with van der Waals surface area (Å²) in [5, 5.41) is 7.86. The Morgan fingerprint density at radius 2 is 2.00 bits per heavy atom. The van der Waals surface area contributed by atoms with Gasteiger partial charge in [-0.25, -0.2) is 4.68 Å². The lowest BCUT2D eigenvalue weighted by atomic mass is 9.88. The second-order valence-electron chi connectivity index (χ2n) is 5.40. The number of nitrogen functional groups attached to an aromatic ring is 1. The molecule has 0 saturated carbocycles. The van der Waals surface area contributed by atoms with Crippen molar-refractivity contribution < 1.29 is 0 Å². The van der Waals surface area contributed by atoms with Crippen molar-refractivity contribution in [3.63, 3.8) is 0 Å². The molecule has 0 aliphatic carbocycles. The van der Waals surface area contributed by atoms with E-state index in [0.717, 1.165) is 23.7 Å². The van der Waals surface area contributed by atoms with Gasteiger partial charge in [-0.05, 0) is 26.2 Å². The van der Waals surface area contributed by atoms with E-state index in [1.54, 1.807) is 0 Å². The molecule has 1 rings (SSSR count). The van der Waals surface area contributed by atoms with Gasteiger partial charge in [0.15, 0.2) is 0 Å². The molecule has 0 aromatic carbocycles. The van der Waals surface area contributed by atoms with Gasteiger partial charge in [-0.2, -0.15) is 5.10 Å². The predicted octanol–water partition coefficient (Wildman–Crippen LogP) is 2.64. The molecule has 3 N–H and O–H groups in total. The van der Waals surface area contributed by atoms with Crippen molar-refractivity contribution in [3.05, 3.63) is 5.69 Å². The summed E-state index contributed by atoms with van der Waals surface area (Å²) in [5.74, 6) is 0.947. The maximum absolute atomic E-state index is 6.02. The topological polar surface area (TPSA) is 55.9 Å². The van der Waals surface area contributed by atoms with Crippen LogP contribution in [0.1, 0.15) is 40.3 Å². The summed E-state index contributed by atoms with van der Waals surface area (Å²) in [7, 11) is 0. The maximum Gasteiger partial charge on any atom is 0.148 e. The molecule has 0 aliphatic heterocycles. The highest BCUT2D eigenvalue weighted by atomic mass is 15.3. The first-order chi connectivity index (χ1) is 7.27. The molecule has 1 aromatic heterocycles. The van der Waals surface area contributed by atoms with Gasteiger partial charge in [0.1, 0.15) is 5.82 Å². The van der Waals surface area contributed by atoms with Crippen molar-refractivity contribution in [2.24, 2.45) is 5.41 Å². The Labute approximate surface area is 98.2 Å². The number of hydrogen-bond donors (Lipinski definition) is 2. The normalized spacial score (nSPS) is 13.9. The minimum atomic E-state index is 0.198. The Kier molecular flexibility index (Phi) is 3.51. The van der Waals surface area contributed by atoms with Crippen molar-refractivity contribution in [1.29, 1.82) is 0 Å². The van der Waals surface area contributed by atoms with E-state index in [1.165, 1.54) is 0 Å². The molecule has 0 amide bonds. The molecule has 4 heteroatoms. The van der Waals surface area contributed by atoms with Crippen molar-refractivity contribution >= 4 is 11.5 Å². The molecule has 1 aromatic rings. The van der Waals surface area contributed by atoms with Crippen LogP contribution in [0.5, 0.6) is 0 Å². The molecule has 1 atom stereocenters. The first-order valence-electron chi connectivity index (χ1n) is 5.86. The maximum atomic E-state index is 6.02. The SMILES string of the molecule is CCn1nc(C)c(N)c1NC(C)C(C)(C)C. The monoisotopic (exact) mass is 224 g/mol. The number of aromatic nitrogens is 2. The Bertz CT molecular complexity index is 360. The van der Waals surface area contributed by atoms with Crippen LogP contribution in [0.15, 0.2) is 0 Å². The van der Waals surface area contributed by atoms with Crippen LogP contribution >= 0.6 is 0 Å². The van der Waals surface area contributed by atoms with Gasteiger partial charge in [0.2, 0.25) is 0 Å². The lowest BCUT2D eigenvalue weighted by Gasteiger charge is -2.29. The zero-order valence-electron chi connectivity index (χ0n) is 11.3. The summed E-state index contributed by atoms with van der Waals surface area (Å²) in [4.78, 5) is 0.